The van der Waals surface area contributed by atoms with Crippen molar-refractivity contribution in [3.05, 3.63) is 0 Å². The predicted molar refractivity (Wildman–Crippen MR) is 65.6 cm³/mol. The van der Waals surface area contributed by atoms with Crippen LogP contribution >= 0.6 is 0 Å². The van der Waals surface area contributed by atoms with E-state index in [1.165, 1.54) is 0 Å². The monoisotopic (exact) mass is 241 g/mol. The Hall–Kier alpha value is -1.06. The Morgan fingerprint density at radius 1 is 1.24 bits per heavy atom. The first kappa shape index (κ1) is 14.0. The number of rotatable bonds is 3. The van der Waals surface area contributed by atoms with Gasteiger partial charge in [-0.3, -0.25) is 9.59 Å². The molecular formula is C13H23NO3. The lowest BCUT2D eigenvalue weighted by atomic mass is 9.89. The summed E-state index contributed by atoms with van der Waals surface area (Å²) >= 11 is 0. The molecule has 1 saturated heterocycles. The van der Waals surface area contributed by atoms with E-state index in [0.717, 1.165) is 12.8 Å². The van der Waals surface area contributed by atoms with Gasteiger partial charge in [0.1, 0.15) is 0 Å². The van der Waals surface area contributed by atoms with Gasteiger partial charge in [0, 0.05) is 25.9 Å². The van der Waals surface area contributed by atoms with Crippen molar-refractivity contribution in [3.63, 3.8) is 0 Å². The van der Waals surface area contributed by atoms with Gasteiger partial charge in [-0.25, -0.2) is 0 Å². The molecule has 0 saturated carbocycles. The van der Waals surface area contributed by atoms with Gasteiger partial charge in [0.15, 0.2) is 0 Å². The molecule has 4 heteroatoms. The Morgan fingerprint density at radius 3 is 2.18 bits per heavy atom. The number of piperidine rings is 1. The fourth-order valence-corrected chi connectivity index (χ4v) is 2.20. The van der Waals surface area contributed by atoms with E-state index in [-0.39, 0.29) is 23.7 Å². The van der Waals surface area contributed by atoms with Gasteiger partial charge in [-0.05, 0) is 24.2 Å². The van der Waals surface area contributed by atoms with Gasteiger partial charge in [-0.2, -0.15) is 0 Å². The van der Waals surface area contributed by atoms with Crippen LogP contribution in [0.4, 0.5) is 0 Å². The number of nitrogens with zero attached hydrogens (tertiary/aromatic N) is 1. The van der Waals surface area contributed by atoms with E-state index in [4.69, 9.17) is 5.11 Å². The second kappa shape index (κ2) is 5.52. The number of carboxylic acid groups (broad SMARTS) is 1. The van der Waals surface area contributed by atoms with Crippen molar-refractivity contribution >= 4 is 11.9 Å². The third kappa shape index (κ3) is 5.20. The number of amides is 1. The second-order valence-electron chi connectivity index (χ2n) is 6.16. The normalized spacial score (nSPS) is 18.2. The Labute approximate surface area is 103 Å². The van der Waals surface area contributed by atoms with Crippen LogP contribution in [0.3, 0.4) is 0 Å². The van der Waals surface area contributed by atoms with Gasteiger partial charge in [0.2, 0.25) is 5.91 Å². The molecule has 0 aromatic rings. The lowest BCUT2D eigenvalue weighted by Crippen LogP contribution is -2.40. The predicted octanol–water partition coefficient (Wildman–Crippen LogP) is 2.14. The standard InChI is InChI=1S/C13H23NO3/c1-13(2,3)9-11(15)14-6-4-10(5-7-14)8-12(16)17/h10H,4-9H2,1-3H3,(H,16,17). The van der Waals surface area contributed by atoms with Gasteiger partial charge in [-0.1, -0.05) is 20.8 Å². The highest BCUT2D eigenvalue weighted by Gasteiger charge is 2.26. The first-order valence-corrected chi connectivity index (χ1v) is 6.27. The van der Waals surface area contributed by atoms with Crippen LogP contribution in [-0.4, -0.2) is 35.0 Å². The zero-order valence-electron chi connectivity index (χ0n) is 11.0. The number of carbonyl (C=O) groups is 2. The minimum absolute atomic E-state index is 0.0228. The van der Waals surface area contributed by atoms with Crippen molar-refractivity contribution in [1.29, 1.82) is 0 Å². The maximum Gasteiger partial charge on any atom is 0.303 e. The molecule has 1 heterocycles. The van der Waals surface area contributed by atoms with Crippen LogP contribution < -0.4 is 0 Å². The molecule has 0 aromatic carbocycles. The molecule has 1 amide bonds. The molecule has 1 fully saturated rings. The zero-order valence-corrected chi connectivity index (χ0v) is 11.0. The Morgan fingerprint density at radius 2 is 1.76 bits per heavy atom. The fourth-order valence-electron chi connectivity index (χ4n) is 2.20. The molecule has 17 heavy (non-hydrogen) atoms. The highest BCUT2D eigenvalue weighted by molar-refractivity contribution is 5.77. The van der Waals surface area contributed by atoms with Gasteiger partial charge in [-0.15, -0.1) is 0 Å². The Balaban J connectivity index is 2.36. The highest BCUT2D eigenvalue weighted by atomic mass is 16.4. The average Bonchev–Trinajstić information content (AvgIpc) is 2.15. The van der Waals surface area contributed by atoms with Crippen LogP contribution in [0.2, 0.25) is 0 Å². The topological polar surface area (TPSA) is 57.6 Å². The van der Waals surface area contributed by atoms with Crippen molar-refractivity contribution < 1.29 is 14.7 Å². The van der Waals surface area contributed by atoms with E-state index in [1.807, 2.05) is 4.90 Å². The lowest BCUT2D eigenvalue weighted by Gasteiger charge is -2.33. The molecule has 1 aliphatic rings. The third-order valence-electron chi connectivity index (χ3n) is 3.11. The van der Waals surface area contributed by atoms with Crippen LogP contribution in [-0.2, 0) is 9.59 Å². The maximum atomic E-state index is 12.0. The number of hydrogen-bond acceptors (Lipinski definition) is 2. The summed E-state index contributed by atoms with van der Waals surface area (Å²) in [5.74, 6) is -0.290. The number of carboxylic acids is 1. The van der Waals surface area contributed by atoms with Crippen LogP contribution in [0.1, 0.15) is 46.5 Å². The molecule has 0 atom stereocenters. The lowest BCUT2D eigenvalue weighted by molar-refractivity contribution is -0.138. The first-order valence-electron chi connectivity index (χ1n) is 6.27. The summed E-state index contributed by atoms with van der Waals surface area (Å²) < 4.78 is 0. The number of carbonyl (C=O) groups excluding carboxylic acids is 1. The number of aliphatic carboxylic acids is 1. The quantitative estimate of drug-likeness (QED) is 0.823. The van der Waals surface area contributed by atoms with Crippen LogP contribution in [0.15, 0.2) is 0 Å². The number of likely N-dealkylation sites (tertiary alicyclic amines) is 1. The van der Waals surface area contributed by atoms with Gasteiger partial charge >= 0.3 is 5.97 Å². The molecule has 1 rings (SSSR count). The second-order valence-corrected chi connectivity index (χ2v) is 6.16. The molecule has 1 N–H and O–H groups in total. The van der Waals surface area contributed by atoms with E-state index in [9.17, 15) is 9.59 Å². The summed E-state index contributed by atoms with van der Waals surface area (Å²) in [6, 6.07) is 0. The van der Waals surface area contributed by atoms with E-state index in [1.54, 1.807) is 0 Å². The third-order valence-corrected chi connectivity index (χ3v) is 3.11. The molecule has 4 nitrogen and oxygen atoms in total. The van der Waals surface area contributed by atoms with E-state index in [2.05, 4.69) is 20.8 Å². The molecule has 1 aliphatic heterocycles. The van der Waals surface area contributed by atoms with Crippen LogP contribution in [0, 0.1) is 11.3 Å². The minimum atomic E-state index is -0.732. The fraction of sp³-hybridized carbons (Fsp3) is 0.846. The van der Waals surface area contributed by atoms with Crippen molar-refractivity contribution in [2.45, 2.75) is 46.5 Å². The molecule has 0 bridgehead atoms. The molecule has 98 valence electrons. The summed E-state index contributed by atoms with van der Waals surface area (Å²) in [5.41, 5.74) is 0.0228. The maximum absolute atomic E-state index is 12.0. The zero-order chi connectivity index (χ0) is 13.1. The van der Waals surface area contributed by atoms with Gasteiger partial charge in [0.25, 0.3) is 0 Å². The van der Waals surface area contributed by atoms with Crippen LogP contribution in [0.25, 0.3) is 0 Å². The van der Waals surface area contributed by atoms with Crippen molar-refractivity contribution in [2.75, 3.05) is 13.1 Å². The summed E-state index contributed by atoms with van der Waals surface area (Å²) in [7, 11) is 0. The molecule has 0 spiro atoms. The average molecular weight is 241 g/mol. The van der Waals surface area contributed by atoms with Crippen LogP contribution in [0.5, 0.6) is 0 Å². The van der Waals surface area contributed by atoms with E-state index < -0.39 is 5.97 Å². The molecular weight excluding hydrogens is 218 g/mol. The van der Waals surface area contributed by atoms with Crippen molar-refractivity contribution in [3.8, 4) is 0 Å². The summed E-state index contributed by atoms with van der Waals surface area (Å²) in [5, 5.41) is 8.71. The highest BCUT2D eigenvalue weighted by Crippen LogP contribution is 2.24. The molecule has 0 aromatic heterocycles. The Bertz CT molecular complexity index is 286. The summed E-state index contributed by atoms with van der Waals surface area (Å²) in [6.07, 6.45) is 2.45. The largest absolute Gasteiger partial charge is 0.481 e. The van der Waals surface area contributed by atoms with Gasteiger partial charge in [0.05, 0.1) is 0 Å². The van der Waals surface area contributed by atoms with Crippen molar-refractivity contribution in [1.82, 2.24) is 4.90 Å². The number of hydrogen-bond donors (Lipinski definition) is 1. The minimum Gasteiger partial charge on any atom is -0.481 e. The van der Waals surface area contributed by atoms with Gasteiger partial charge < -0.3 is 10.0 Å². The van der Waals surface area contributed by atoms with E-state index >= 15 is 0 Å². The Kier molecular flexibility index (Phi) is 4.54. The van der Waals surface area contributed by atoms with Crippen molar-refractivity contribution in [2.24, 2.45) is 11.3 Å². The molecule has 0 radical (unpaired) electrons. The molecule has 0 aliphatic carbocycles. The SMILES string of the molecule is CC(C)(C)CC(=O)N1CCC(CC(=O)O)CC1. The van der Waals surface area contributed by atoms with E-state index in [0.29, 0.717) is 19.5 Å². The summed E-state index contributed by atoms with van der Waals surface area (Å²) in [4.78, 5) is 24.4. The smallest absolute Gasteiger partial charge is 0.303 e. The first-order chi connectivity index (χ1) is 7.78. The summed E-state index contributed by atoms with van der Waals surface area (Å²) in [6.45, 7) is 7.60. The molecule has 0 unspecified atom stereocenters.